The van der Waals surface area contributed by atoms with E-state index in [1.165, 1.54) is 18.4 Å². The molecular formula is C16H21N3O. The second-order valence-electron chi connectivity index (χ2n) is 5.57. The maximum absolute atomic E-state index is 5.81. The molecule has 0 spiro atoms. The zero-order valence-electron chi connectivity index (χ0n) is 11.7. The molecule has 20 heavy (non-hydrogen) atoms. The monoisotopic (exact) mass is 271 g/mol. The van der Waals surface area contributed by atoms with E-state index < -0.39 is 0 Å². The Bertz CT molecular complexity index is 538. The van der Waals surface area contributed by atoms with E-state index in [1.54, 1.807) is 0 Å². The number of benzene rings is 1. The molecule has 1 heterocycles. The van der Waals surface area contributed by atoms with Crippen LogP contribution in [0.25, 0.3) is 0 Å². The molecule has 3 rings (SSSR count). The molecule has 2 N–H and O–H groups in total. The predicted molar refractivity (Wildman–Crippen MR) is 77.3 cm³/mol. The van der Waals surface area contributed by atoms with Crippen molar-refractivity contribution in [3.05, 3.63) is 47.6 Å². The molecule has 1 saturated carbocycles. The van der Waals surface area contributed by atoms with Crippen molar-refractivity contribution in [1.82, 2.24) is 10.1 Å². The van der Waals surface area contributed by atoms with Crippen LogP contribution in [-0.4, -0.2) is 16.7 Å². The zero-order chi connectivity index (χ0) is 13.8. The number of rotatable bonds is 5. The highest BCUT2D eigenvalue weighted by atomic mass is 16.5. The van der Waals surface area contributed by atoms with E-state index >= 15 is 0 Å². The normalized spacial score (nSPS) is 22.2. The lowest BCUT2D eigenvalue weighted by atomic mass is 9.96. The van der Waals surface area contributed by atoms with E-state index in [9.17, 15) is 0 Å². The molecule has 4 heteroatoms. The molecule has 106 valence electrons. The SMILES string of the molecule is NCC1CCCC1c1nc(CCc2ccccc2)no1. The van der Waals surface area contributed by atoms with Gasteiger partial charge in [-0.2, -0.15) is 4.98 Å². The van der Waals surface area contributed by atoms with Gasteiger partial charge < -0.3 is 10.3 Å². The smallest absolute Gasteiger partial charge is 0.230 e. The zero-order valence-corrected chi connectivity index (χ0v) is 11.7. The lowest BCUT2D eigenvalue weighted by Gasteiger charge is -2.12. The Morgan fingerprint density at radius 2 is 2.00 bits per heavy atom. The molecule has 2 unspecified atom stereocenters. The van der Waals surface area contributed by atoms with Crippen molar-refractivity contribution >= 4 is 0 Å². The second kappa shape index (κ2) is 6.18. The summed E-state index contributed by atoms with van der Waals surface area (Å²) in [6, 6.07) is 10.4. The van der Waals surface area contributed by atoms with Crippen LogP contribution in [0.5, 0.6) is 0 Å². The van der Waals surface area contributed by atoms with Crippen LogP contribution in [0.4, 0.5) is 0 Å². The minimum atomic E-state index is 0.373. The summed E-state index contributed by atoms with van der Waals surface area (Å²) >= 11 is 0. The van der Waals surface area contributed by atoms with Crippen LogP contribution in [0.1, 0.15) is 42.5 Å². The highest BCUT2D eigenvalue weighted by Crippen LogP contribution is 2.38. The molecule has 2 aromatic rings. The second-order valence-corrected chi connectivity index (χ2v) is 5.57. The quantitative estimate of drug-likeness (QED) is 0.908. The average molecular weight is 271 g/mol. The first-order chi connectivity index (χ1) is 9.86. The minimum Gasteiger partial charge on any atom is -0.339 e. The number of hydrogen-bond acceptors (Lipinski definition) is 4. The average Bonchev–Trinajstić information content (AvgIpc) is 3.14. The van der Waals surface area contributed by atoms with Crippen LogP contribution < -0.4 is 5.73 Å². The first kappa shape index (κ1) is 13.3. The summed E-state index contributed by atoms with van der Waals surface area (Å²) in [5.41, 5.74) is 7.12. The topological polar surface area (TPSA) is 64.9 Å². The van der Waals surface area contributed by atoms with E-state index in [0.717, 1.165) is 31.0 Å². The largest absolute Gasteiger partial charge is 0.339 e. The van der Waals surface area contributed by atoms with E-state index in [0.29, 0.717) is 18.4 Å². The lowest BCUT2D eigenvalue weighted by Crippen LogP contribution is -2.17. The number of nitrogens with zero attached hydrogens (tertiary/aromatic N) is 2. The van der Waals surface area contributed by atoms with Gasteiger partial charge in [0.1, 0.15) is 0 Å². The molecule has 0 amide bonds. The summed E-state index contributed by atoms with van der Waals surface area (Å²) in [5, 5.41) is 4.12. The Hall–Kier alpha value is -1.68. The van der Waals surface area contributed by atoms with Gasteiger partial charge in [0.25, 0.3) is 0 Å². The van der Waals surface area contributed by atoms with Gasteiger partial charge in [-0.3, -0.25) is 0 Å². The van der Waals surface area contributed by atoms with Gasteiger partial charge in [-0.05, 0) is 37.3 Å². The molecule has 0 saturated heterocycles. The van der Waals surface area contributed by atoms with Crippen LogP contribution >= 0.6 is 0 Å². The molecule has 1 aliphatic rings. The number of aryl methyl sites for hydroxylation is 2. The number of aromatic nitrogens is 2. The Morgan fingerprint density at radius 1 is 1.15 bits per heavy atom. The summed E-state index contributed by atoms with van der Waals surface area (Å²) in [6.45, 7) is 0.715. The van der Waals surface area contributed by atoms with Crippen LogP contribution in [0.3, 0.4) is 0 Å². The van der Waals surface area contributed by atoms with Gasteiger partial charge >= 0.3 is 0 Å². The maximum Gasteiger partial charge on any atom is 0.230 e. The first-order valence-electron chi connectivity index (χ1n) is 7.43. The minimum absolute atomic E-state index is 0.373. The van der Waals surface area contributed by atoms with Crippen molar-refractivity contribution in [2.24, 2.45) is 11.7 Å². The molecule has 1 aromatic heterocycles. The van der Waals surface area contributed by atoms with Crippen LogP contribution in [-0.2, 0) is 12.8 Å². The third-order valence-corrected chi connectivity index (χ3v) is 4.24. The Balaban J connectivity index is 1.62. The van der Waals surface area contributed by atoms with Crippen LogP contribution in [0, 0.1) is 5.92 Å². The molecule has 2 atom stereocenters. The standard InChI is InChI=1S/C16H21N3O/c17-11-13-7-4-8-14(13)16-18-15(19-20-16)10-9-12-5-2-1-3-6-12/h1-3,5-6,13-14H,4,7-11,17H2. The summed E-state index contributed by atoms with van der Waals surface area (Å²) in [7, 11) is 0. The highest BCUT2D eigenvalue weighted by Gasteiger charge is 2.31. The molecule has 0 radical (unpaired) electrons. The van der Waals surface area contributed by atoms with E-state index in [2.05, 4.69) is 34.4 Å². The molecule has 1 fully saturated rings. The number of hydrogen-bond donors (Lipinski definition) is 1. The molecule has 0 bridgehead atoms. The summed E-state index contributed by atoms with van der Waals surface area (Å²) in [5.74, 6) is 2.49. The van der Waals surface area contributed by atoms with Crippen molar-refractivity contribution in [2.45, 2.75) is 38.0 Å². The molecule has 4 nitrogen and oxygen atoms in total. The lowest BCUT2D eigenvalue weighted by molar-refractivity contribution is 0.323. The van der Waals surface area contributed by atoms with Crippen molar-refractivity contribution < 1.29 is 4.52 Å². The van der Waals surface area contributed by atoms with E-state index in [1.807, 2.05) is 6.07 Å². The van der Waals surface area contributed by atoms with E-state index in [-0.39, 0.29) is 0 Å². The van der Waals surface area contributed by atoms with E-state index in [4.69, 9.17) is 10.3 Å². The third-order valence-electron chi connectivity index (χ3n) is 4.24. The van der Waals surface area contributed by atoms with Crippen LogP contribution in [0.2, 0.25) is 0 Å². The summed E-state index contributed by atoms with van der Waals surface area (Å²) in [4.78, 5) is 4.57. The van der Waals surface area contributed by atoms with Crippen molar-refractivity contribution in [3.63, 3.8) is 0 Å². The molecule has 0 aliphatic heterocycles. The fourth-order valence-corrected chi connectivity index (χ4v) is 3.06. The Kier molecular flexibility index (Phi) is 4.11. The Morgan fingerprint density at radius 3 is 2.80 bits per heavy atom. The van der Waals surface area contributed by atoms with Crippen molar-refractivity contribution in [3.8, 4) is 0 Å². The molecule has 1 aromatic carbocycles. The van der Waals surface area contributed by atoms with Crippen LogP contribution in [0.15, 0.2) is 34.9 Å². The van der Waals surface area contributed by atoms with Crippen molar-refractivity contribution in [2.75, 3.05) is 6.54 Å². The fourth-order valence-electron chi connectivity index (χ4n) is 3.06. The summed E-state index contributed by atoms with van der Waals surface area (Å²) < 4.78 is 5.45. The maximum atomic E-state index is 5.81. The molecule has 1 aliphatic carbocycles. The van der Waals surface area contributed by atoms with Gasteiger partial charge in [-0.15, -0.1) is 0 Å². The summed E-state index contributed by atoms with van der Waals surface area (Å²) in [6.07, 6.45) is 5.30. The van der Waals surface area contributed by atoms with Gasteiger partial charge in [0, 0.05) is 12.3 Å². The van der Waals surface area contributed by atoms with Gasteiger partial charge in [0.15, 0.2) is 5.82 Å². The van der Waals surface area contributed by atoms with Gasteiger partial charge in [0.2, 0.25) is 5.89 Å². The van der Waals surface area contributed by atoms with Crippen molar-refractivity contribution in [1.29, 1.82) is 0 Å². The third kappa shape index (κ3) is 2.90. The van der Waals surface area contributed by atoms with Gasteiger partial charge in [-0.1, -0.05) is 41.9 Å². The number of nitrogens with two attached hydrogens (primary N) is 1. The highest BCUT2D eigenvalue weighted by molar-refractivity contribution is 5.15. The predicted octanol–water partition coefficient (Wildman–Crippen LogP) is 2.70. The van der Waals surface area contributed by atoms with Gasteiger partial charge in [-0.25, -0.2) is 0 Å². The van der Waals surface area contributed by atoms with Gasteiger partial charge in [0.05, 0.1) is 0 Å². The first-order valence-corrected chi connectivity index (χ1v) is 7.43. The Labute approximate surface area is 119 Å². The fraction of sp³-hybridized carbons (Fsp3) is 0.500. The molecular weight excluding hydrogens is 250 g/mol.